The van der Waals surface area contributed by atoms with Gasteiger partial charge in [0.2, 0.25) is 0 Å². The predicted octanol–water partition coefficient (Wildman–Crippen LogP) is -1.32. The van der Waals surface area contributed by atoms with E-state index in [1.165, 1.54) is 0 Å². The first-order chi connectivity index (χ1) is 11.5. The summed E-state index contributed by atoms with van der Waals surface area (Å²) in [5.41, 5.74) is 4.16. The second-order valence-electron chi connectivity index (χ2n) is 5.46. The highest BCUT2D eigenvalue weighted by molar-refractivity contribution is 7.90. The number of fused-ring (bicyclic) bond motifs is 1. The molecule has 3 aromatic rings. The molecule has 0 bridgehead atoms. The van der Waals surface area contributed by atoms with Crippen LogP contribution in [0, 0.1) is 13.8 Å². The van der Waals surface area contributed by atoms with Gasteiger partial charge in [-0.1, -0.05) is 0 Å². The number of methoxy groups -OCH3 is 2. The number of hydrogen-bond donors (Lipinski definition) is 1. The molecule has 0 amide bonds. The van der Waals surface area contributed by atoms with Crippen LogP contribution in [0.2, 0.25) is 0 Å². The molecule has 0 aliphatic heterocycles. The molecule has 1 aromatic carbocycles. The van der Waals surface area contributed by atoms with Crippen LogP contribution in [0.15, 0.2) is 29.6 Å². The summed E-state index contributed by atoms with van der Waals surface area (Å²) in [6.07, 6.45) is 1.74. The number of rotatable bonds is 5. The van der Waals surface area contributed by atoms with Crippen molar-refractivity contribution in [3.63, 3.8) is 0 Å². The molecule has 10 nitrogen and oxygen atoms in total. The van der Waals surface area contributed by atoms with Crippen molar-refractivity contribution in [1.82, 2.24) is 15.0 Å². The van der Waals surface area contributed by atoms with Gasteiger partial charge in [-0.15, -0.1) is 0 Å². The minimum Gasteiger partial charge on any atom is -0.609 e. The second kappa shape index (κ2) is 13.6. The maximum absolute atomic E-state index is 12.7. The Labute approximate surface area is 187 Å². The third-order valence-corrected chi connectivity index (χ3v) is 5.06. The highest BCUT2D eigenvalue weighted by atomic mass is 32.2. The van der Waals surface area contributed by atoms with Gasteiger partial charge in [0.15, 0.2) is 5.75 Å². The zero-order valence-electron chi connectivity index (χ0n) is 16.0. The molecule has 3 rings (SSSR count). The molecular formula is C17H29MgN3O7S. The quantitative estimate of drug-likeness (QED) is 0.374. The molecule has 0 spiro atoms. The molecule has 9 N–H and O–H groups in total. The van der Waals surface area contributed by atoms with E-state index in [2.05, 4.69) is 15.0 Å². The number of benzene rings is 1. The Bertz CT molecular complexity index is 895. The van der Waals surface area contributed by atoms with E-state index in [0.717, 1.165) is 33.6 Å². The van der Waals surface area contributed by atoms with Crippen molar-refractivity contribution in [3.8, 4) is 11.5 Å². The van der Waals surface area contributed by atoms with E-state index < -0.39 is 11.2 Å². The van der Waals surface area contributed by atoms with E-state index in [0.29, 0.717) is 10.9 Å². The molecule has 0 saturated carbocycles. The van der Waals surface area contributed by atoms with Gasteiger partial charge in [-0.2, -0.15) is 4.98 Å². The topological polar surface area (TPSA) is 209 Å². The van der Waals surface area contributed by atoms with Crippen molar-refractivity contribution >= 4 is 45.3 Å². The molecule has 0 aliphatic carbocycles. The molecule has 0 fully saturated rings. The lowest BCUT2D eigenvalue weighted by molar-refractivity contribution is 0.407. The zero-order chi connectivity index (χ0) is 17.3. The first-order valence-corrected chi connectivity index (χ1v) is 8.76. The highest BCUT2D eigenvalue weighted by Crippen LogP contribution is 2.27. The lowest BCUT2D eigenvalue weighted by atomic mass is 10.1. The van der Waals surface area contributed by atoms with Crippen LogP contribution in [-0.2, 0) is 16.9 Å². The summed E-state index contributed by atoms with van der Waals surface area (Å²) in [6.45, 7) is 3.86. The largest absolute Gasteiger partial charge is 0.609 e. The maximum atomic E-state index is 12.7. The molecule has 0 aliphatic rings. The highest BCUT2D eigenvalue weighted by Gasteiger charge is 2.21. The summed E-state index contributed by atoms with van der Waals surface area (Å²) >= 11 is -1.33. The molecule has 29 heavy (non-hydrogen) atoms. The van der Waals surface area contributed by atoms with E-state index in [1.807, 2.05) is 32.0 Å². The number of aromatic amines is 1. The van der Waals surface area contributed by atoms with E-state index in [1.54, 1.807) is 20.4 Å². The normalized spacial score (nSPS) is 10.2. The lowest BCUT2D eigenvalue weighted by Gasteiger charge is -2.13. The number of aromatic nitrogens is 3. The molecule has 2 heterocycles. The molecule has 1 atom stereocenters. The van der Waals surface area contributed by atoms with Gasteiger partial charge in [0.05, 0.1) is 30.9 Å². The number of hydrogen-bond acceptors (Lipinski definition) is 5. The number of nitrogens with one attached hydrogen (secondary N) is 1. The van der Waals surface area contributed by atoms with Gasteiger partial charge >= 0.3 is 28.2 Å². The summed E-state index contributed by atoms with van der Waals surface area (Å²) in [6, 6.07) is 5.51. The van der Waals surface area contributed by atoms with E-state index in [4.69, 9.17) is 9.47 Å². The monoisotopic (exact) mass is 443 g/mol. The Morgan fingerprint density at radius 1 is 1.07 bits per heavy atom. The van der Waals surface area contributed by atoms with Crippen molar-refractivity contribution in [2.45, 2.75) is 24.8 Å². The number of ether oxygens (including phenoxy) is 2. The Morgan fingerprint density at radius 3 is 2.31 bits per heavy atom. The summed E-state index contributed by atoms with van der Waals surface area (Å²) in [4.78, 5) is 11.9. The van der Waals surface area contributed by atoms with E-state index in [9.17, 15) is 4.55 Å². The molecule has 162 valence electrons. The molecule has 2 aromatic heterocycles. The Kier molecular flexibility index (Phi) is 15.0. The van der Waals surface area contributed by atoms with Crippen LogP contribution in [0.25, 0.3) is 11.0 Å². The number of pyridine rings is 1. The average Bonchev–Trinajstić information content (AvgIpc) is 3.01. The SMILES string of the molecule is COc1ccc2[nH]c([S@@+]([O-])Cc3ncc(C)c(OC)c3C)nc2c1.O.O.O.O.[MgH2]. The Hall–Kier alpha value is -1.64. The number of nitrogens with zero attached hydrogens (tertiary/aromatic N) is 2. The summed E-state index contributed by atoms with van der Waals surface area (Å²) in [5, 5.41) is 0.430. The maximum Gasteiger partial charge on any atom is 0.322 e. The first kappa shape index (κ1) is 32.0. The van der Waals surface area contributed by atoms with Crippen LogP contribution in [0.1, 0.15) is 16.8 Å². The fraction of sp³-hybridized carbons (Fsp3) is 0.294. The Balaban J connectivity index is -0.00000135. The van der Waals surface area contributed by atoms with Gasteiger partial charge < -0.3 is 35.9 Å². The molecule has 0 saturated heterocycles. The van der Waals surface area contributed by atoms with Gasteiger partial charge in [-0.3, -0.25) is 9.97 Å². The summed E-state index contributed by atoms with van der Waals surface area (Å²) in [5.74, 6) is 1.78. The van der Waals surface area contributed by atoms with Crippen LogP contribution in [0.3, 0.4) is 0 Å². The van der Waals surface area contributed by atoms with E-state index >= 15 is 0 Å². The Morgan fingerprint density at radius 2 is 1.72 bits per heavy atom. The van der Waals surface area contributed by atoms with Crippen molar-refractivity contribution in [2.24, 2.45) is 0 Å². The minimum atomic E-state index is -1.33. The van der Waals surface area contributed by atoms with Crippen molar-refractivity contribution in [1.29, 1.82) is 0 Å². The van der Waals surface area contributed by atoms with Crippen LogP contribution < -0.4 is 9.47 Å². The van der Waals surface area contributed by atoms with Gasteiger partial charge in [-0.25, -0.2) is 0 Å². The van der Waals surface area contributed by atoms with Crippen molar-refractivity contribution in [3.05, 3.63) is 41.2 Å². The van der Waals surface area contributed by atoms with Gasteiger partial charge in [0, 0.05) is 34.6 Å². The summed E-state index contributed by atoms with van der Waals surface area (Å²) < 4.78 is 23.3. The first-order valence-electron chi connectivity index (χ1n) is 7.44. The smallest absolute Gasteiger partial charge is 0.322 e. The van der Waals surface area contributed by atoms with Gasteiger partial charge in [0.25, 0.3) is 0 Å². The fourth-order valence-corrected chi connectivity index (χ4v) is 3.71. The lowest BCUT2D eigenvalue weighted by Crippen LogP contribution is -2.10. The van der Waals surface area contributed by atoms with Crippen LogP contribution >= 0.6 is 0 Å². The van der Waals surface area contributed by atoms with Crippen molar-refractivity contribution < 1.29 is 35.9 Å². The second-order valence-corrected chi connectivity index (χ2v) is 6.83. The average molecular weight is 444 g/mol. The minimum absolute atomic E-state index is 0. The predicted molar refractivity (Wildman–Crippen MR) is 116 cm³/mol. The number of imidazole rings is 1. The van der Waals surface area contributed by atoms with Crippen molar-refractivity contribution in [2.75, 3.05) is 14.2 Å². The fourth-order valence-electron chi connectivity index (χ4n) is 2.61. The van der Waals surface area contributed by atoms with Gasteiger partial charge in [-0.05, 0) is 26.0 Å². The summed E-state index contributed by atoms with van der Waals surface area (Å²) in [7, 11) is 3.23. The molecular weight excluding hydrogens is 415 g/mol. The number of aryl methyl sites for hydroxylation is 1. The molecule has 12 heteroatoms. The van der Waals surface area contributed by atoms with Crippen LogP contribution in [-0.4, -0.2) is 78.7 Å². The van der Waals surface area contributed by atoms with Crippen LogP contribution in [0.5, 0.6) is 11.5 Å². The molecule has 0 unspecified atom stereocenters. The third-order valence-electron chi connectivity index (χ3n) is 3.90. The number of H-pyrrole nitrogens is 1. The van der Waals surface area contributed by atoms with E-state index in [-0.39, 0.29) is 50.7 Å². The standard InChI is InChI=1S/C17H19N3O3S.Mg.4H2O.2H/c1-10-8-18-15(11(2)16(10)23-4)9-24(21)17-19-13-6-5-12(22-3)7-14(13)20-17;;;;;;;/h5-8H,9H2,1-4H3,(H,19,20);;4*1H2;;/t24-;;;;;;;/m0......./s1. The zero-order valence-corrected chi connectivity index (χ0v) is 16.9. The third kappa shape index (κ3) is 6.69. The van der Waals surface area contributed by atoms with Crippen LogP contribution in [0.4, 0.5) is 0 Å². The molecule has 0 radical (unpaired) electrons. The van der Waals surface area contributed by atoms with Gasteiger partial charge in [0.1, 0.15) is 11.5 Å².